The fourth-order valence-corrected chi connectivity index (χ4v) is 2.25. The predicted octanol–water partition coefficient (Wildman–Crippen LogP) is 2.66. The van der Waals surface area contributed by atoms with Crippen molar-refractivity contribution in [3.63, 3.8) is 0 Å². The molecule has 1 N–H and O–H groups in total. The quantitative estimate of drug-likeness (QED) is 0.553. The number of carbonyl (C=O) groups excluding carboxylic acids is 1. The van der Waals surface area contributed by atoms with E-state index in [1.54, 1.807) is 11.3 Å². The van der Waals surface area contributed by atoms with E-state index in [2.05, 4.69) is 15.7 Å². The maximum absolute atomic E-state index is 11.1. The van der Waals surface area contributed by atoms with Crippen molar-refractivity contribution < 1.29 is 9.53 Å². The van der Waals surface area contributed by atoms with Crippen molar-refractivity contribution in [2.45, 2.75) is 46.1 Å². The molecule has 0 aliphatic carbocycles. The zero-order chi connectivity index (χ0) is 13.2. The highest BCUT2D eigenvalue weighted by Crippen LogP contribution is 2.07. The summed E-state index contributed by atoms with van der Waals surface area (Å²) in [6.07, 6.45) is 3.60. The number of hydrogen-bond acceptors (Lipinski definition) is 5. The van der Waals surface area contributed by atoms with Crippen molar-refractivity contribution in [2.75, 3.05) is 13.2 Å². The van der Waals surface area contributed by atoms with Gasteiger partial charge in [0.05, 0.1) is 17.3 Å². The lowest BCUT2D eigenvalue weighted by Gasteiger charge is -2.03. The average Bonchev–Trinajstić information content (AvgIpc) is 2.74. The van der Waals surface area contributed by atoms with Crippen LogP contribution in [0.5, 0.6) is 0 Å². The number of carbonyl (C=O) groups is 1. The minimum Gasteiger partial charge on any atom is -0.466 e. The fourth-order valence-electron chi connectivity index (χ4n) is 1.64. The molecule has 1 rings (SSSR count). The highest BCUT2D eigenvalue weighted by molar-refractivity contribution is 7.09. The van der Waals surface area contributed by atoms with Gasteiger partial charge in [-0.3, -0.25) is 4.79 Å². The van der Waals surface area contributed by atoms with E-state index in [1.807, 2.05) is 13.8 Å². The second-order valence-corrected chi connectivity index (χ2v) is 5.21. The number of aromatic nitrogens is 1. The monoisotopic (exact) mass is 270 g/mol. The number of hydrogen-bond donors (Lipinski definition) is 1. The van der Waals surface area contributed by atoms with Crippen molar-refractivity contribution in [3.8, 4) is 0 Å². The molecule has 0 radical (unpaired) electrons. The van der Waals surface area contributed by atoms with Crippen LogP contribution in [-0.2, 0) is 16.1 Å². The maximum atomic E-state index is 11.1. The third-order valence-electron chi connectivity index (χ3n) is 2.51. The Bertz CT molecular complexity index is 353. The van der Waals surface area contributed by atoms with Crippen LogP contribution in [0.15, 0.2) is 5.38 Å². The molecule has 102 valence electrons. The molecular formula is C13H22N2O2S. The molecule has 0 bridgehead atoms. The summed E-state index contributed by atoms with van der Waals surface area (Å²) in [6, 6.07) is 0. The van der Waals surface area contributed by atoms with Gasteiger partial charge in [-0.25, -0.2) is 4.98 Å². The molecule has 4 nitrogen and oxygen atoms in total. The van der Waals surface area contributed by atoms with Crippen molar-refractivity contribution in [1.29, 1.82) is 0 Å². The number of ether oxygens (including phenoxy) is 1. The van der Waals surface area contributed by atoms with Gasteiger partial charge in [-0.2, -0.15) is 0 Å². The Morgan fingerprint density at radius 2 is 2.28 bits per heavy atom. The molecule has 5 heteroatoms. The fraction of sp³-hybridized carbons (Fsp3) is 0.692. The summed E-state index contributed by atoms with van der Waals surface area (Å²) in [5, 5.41) is 6.55. The van der Waals surface area contributed by atoms with E-state index >= 15 is 0 Å². The summed E-state index contributed by atoms with van der Waals surface area (Å²) < 4.78 is 4.87. The molecule has 0 atom stereocenters. The van der Waals surface area contributed by atoms with Crippen LogP contribution in [0.2, 0.25) is 0 Å². The van der Waals surface area contributed by atoms with Gasteiger partial charge in [0.1, 0.15) is 0 Å². The molecule has 1 aromatic rings. The number of aryl methyl sites for hydroxylation is 1. The van der Waals surface area contributed by atoms with Crippen LogP contribution in [0.4, 0.5) is 0 Å². The number of thiazole rings is 1. The second-order valence-electron chi connectivity index (χ2n) is 4.15. The lowest BCUT2D eigenvalue weighted by Crippen LogP contribution is -2.15. The van der Waals surface area contributed by atoms with E-state index in [0.29, 0.717) is 13.0 Å². The number of nitrogens with one attached hydrogen (secondary N) is 1. The topological polar surface area (TPSA) is 51.2 Å². The van der Waals surface area contributed by atoms with E-state index in [9.17, 15) is 4.79 Å². The Morgan fingerprint density at radius 1 is 1.44 bits per heavy atom. The number of unbranched alkanes of at least 4 members (excludes halogenated alkanes) is 2. The molecule has 0 saturated heterocycles. The molecule has 0 unspecified atom stereocenters. The standard InChI is InChI=1S/C13H22N2O2S/c1-3-17-13(16)7-5-4-6-8-14-9-12-10-18-11(2)15-12/h10,14H,3-9H2,1-2H3. The van der Waals surface area contributed by atoms with Crippen LogP contribution in [0.3, 0.4) is 0 Å². The first kappa shape index (κ1) is 15.1. The number of esters is 1. The Labute approximate surface area is 113 Å². The summed E-state index contributed by atoms with van der Waals surface area (Å²) in [5.41, 5.74) is 1.11. The Kier molecular flexibility index (Phi) is 7.60. The van der Waals surface area contributed by atoms with Crippen molar-refractivity contribution >= 4 is 17.3 Å². The molecule has 0 aliphatic rings. The lowest BCUT2D eigenvalue weighted by atomic mass is 10.2. The van der Waals surface area contributed by atoms with Crippen LogP contribution in [-0.4, -0.2) is 24.1 Å². The number of rotatable bonds is 9. The molecule has 0 saturated carbocycles. The summed E-state index contributed by atoms with van der Waals surface area (Å²) in [4.78, 5) is 15.5. The Balaban J connectivity index is 1.91. The van der Waals surface area contributed by atoms with Gasteiger partial charge < -0.3 is 10.1 Å². The second kappa shape index (κ2) is 9.05. The lowest BCUT2D eigenvalue weighted by molar-refractivity contribution is -0.143. The van der Waals surface area contributed by atoms with Crippen molar-refractivity contribution in [3.05, 3.63) is 16.1 Å². The minimum atomic E-state index is -0.0802. The largest absolute Gasteiger partial charge is 0.466 e. The van der Waals surface area contributed by atoms with E-state index in [1.165, 1.54) is 0 Å². The maximum Gasteiger partial charge on any atom is 0.305 e. The van der Waals surface area contributed by atoms with E-state index in [4.69, 9.17) is 4.74 Å². The summed E-state index contributed by atoms with van der Waals surface area (Å²) in [6.45, 7) is 6.14. The van der Waals surface area contributed by atoms with E-state index < -0.39 is 0 Å². The normalized spacial score (nSPS) is 10.6. The van der Waals surface area contributed by atoms with Crippen LogP contribution < -0.4 is 5.32 Å². The Hall–Kier alpha value is -0.940. The number of nitrogens with zero attached hydrogens (tertiary/aromatic N) is 1. The highest BCUT2D eigenvalue weighted by Gasteiger charge is 2.01. The molecular weight excluding hydrogens is 248 g/mol. The van der Waals surface area contributed by atoms with Gasteiger partial charge in [0, 0.05) is 18.3 Å². The molecule has 0 amide bonds. The van der Waals surface area contributed by atoms with Crippen LogP contribution in [0.25, 0.3) is 0 Å². The third-order valence-corrected chi connectivity index (χ3v) is 3.33. The summed E-state index contributed by atoms with van der Waals surface area (Å²) in [5.74, 6) is -0.0802. The van der Waals surface area contributed by atoms with Crippen molar-refractivity contribution in [1.82, 2.24) is 10.3 Å². The third kappa shape index (κ3) is 6.71. The first-order chi connectivity index (χ1) is 8.72. The first-order valence-corrected chi connectivity index (χ1v) is 7.37. The van der Waals surface area contributed by atoms with Gasteiger partial charge >= 0.3 is 5.97 Å². The average molecular weight is 270 g/mol. The molecule has 0 fully saturated rings. The van der Waals surface area contributed by atoms with Gasteiger partial charge in [-0.1, -0.05) is 6.42 Å². The van der Waals surface area contributed by atoms with Crippen molar-refractivity contribution in [2.24, 2.45) is 0 Å². The smallest absolute Gasteiger partial charge is 0.305 e. The molecule has 1 aromatic heterocycles. The van der Waals surface area contributed by atoms with Crippen LogP contribution in [0, 0.1) is 6.92 Å². The molecule has 0 spiro atoms. The molecule has 18 heavy (non-hydrogen) atoms. The van der Waals surface area contributed by atoms with Gasteiger partial charge in [0.2, 0.25) is 0 Å². The first-order valence-electron chi connectivity index (χ1n) is 6.49. The minimum absolute atomic E-state index is 0.0802. The summed E-state index contributed by atoms with van der Waals surface area (Å²) in [7, 11) is 0. The molecule has 1 heterocycles. The summed E-state index contributed by atoms with van der Waals surface area (Å²) >= 11 is 1.68. The van der Waals surface area contributed by atoms with Gasteiger partial charge in [0.25, 0.3) is 0 Å². The van der Waals surface area contributed by atoms with Gasteiger partial charge in [-0.15, -0.1) is 11.3 Å². The zero-order valence-corrected chi connectivity index (χ0v) is 12.0. The van der Waals surface area contributed by atoms with E-state index in [0.717, 1.165) is 43.1 Å². The van der Waals surface area contributed by atoms with Crippen LogP contribution in [0.1, 0.15) is 43.3 Å². The zero-order valence-electron chi connectivity index (χ0n) is 11.2. The Morgan fingerprint density at radius 3 is 2.94 bits per heavy atom. The van der Waals surface area contributed by atoms with Crippen LogP contribution >= 0.6 is 11.3 Å². The predicted molar refractivity (Wildman–Crippen MR) is 73.7 cm³/mol. The SMILES string of the molecule is CCOC(=O)CCCCCNCc1csc(C)n1. The highest BCUT2D eigenvalue weighted by atomic mass is 32.1. The molecule has 0 aromatic carbocycles. The molecule has 0 aliphatic heterocycles. The van der Waals surface area contributed by atoms with Gasteiger partial charge in [-0.05, 0) is 33.2 Å². The van der Waals surface area contributed by atoms with Gasteiger partial charge in [0.15, 0.2) is 0 Å². The van der Waals surface area contributed by atoms with E-state index in [-0.39, 0.29) is 5.97 Å².